The number of ether oxygens (including phenoxy) is 1. The fraction of sp³-hybridized carbons (Fsp3) is 0.385. The van der Waals surface area contributed by atoms with Gasteiger partial charge in [-0.05, 0) is 79.6 Å². The summed E-state index contributed by atoms with van der Waals surface area (Å²) in [6.45, 7) is 3.41. The minimum absolute atomic E-state index is 0.0975. The molecule has 2 saturated carbocycles. The maximum Gasteiger partial charge on any atom is 0.338 e. The minimum atomic E-state index is -0.684. The molecule has 6 atom stereocenters. The number of anilines is 2. The number of halogens is 2. The highest BCUT2D eigenvalue weighted by atomic mass is 35.5. The first kappa shape index (κ1) is 23.8. The van der Waals surface area contributed by atoms with E-state index in [1.807, 2.05) is 32.0 Å². The molecule has 2 aromatic rings. The van der Waals surface area contributed by atoms with E-state index < -0.39 is 30.3 Å². The van der Waals surface area contributed by atoms with Crippen LogP contribution in [0.4, 0.5) is 11.4 Å². The normalized spacial score (nSPS) is 28.9. The van der Waals surface area contributed by atoms with Crippen molar-refractivity contribution in [2.75, 3.05) is 16.8 Å². The molecular formula is C26H24Cl2N2O5. The SMILES string of the molecule is Cc1cc(C)cc(NC(=O)COC(=O)c2ccc(N3C(=O)[C@@H]4[C@H]5C[C@@H]([C@@H](Cl)[C@H]5Cl)[C@H]4C3=O)cc2)c1. The molecule has 3 fully saturated rings. The Bertz CT molecular complexity index is 1180. The van der Waals surface area contributed by atoms with Crippen molar-refractivity contribution in [3.8, 4) is 0 Å². The van der Waals surface area contributed by atoms with Gasteiger partial charge in [0.1, 0.15) is 0 Å². The quantitative estimate of drug-likeness (QED) is 0.368. The number of fused-ring (bicyclic) bond motifs is 5. The highest BCUT2D eigenvalue weighted by Gasteiger charge is 2.66. The second kappa shape index (κ2) is 8.95. The second-order valence-electron chi connectivity index (χ2n) is 9.56. The molecule has 35 heavy (non-hydrogen) atoms. The molecule has 1 saturated heterocycles. The van der Waals surface area contributed by atoms with Gasteiger partial charge in [-0.2, -0.15) is 0 Å². The van der Waals surface area contributed by atoms with Crippen molar-refractivity contribution in [1.82, 2.24) is 0 Å². The summed E-state index contributed by atoms with van der Waals surface area (Å²) in [4.78, 5) is 52.0. The number of nitrogens with zero attached hydrogens (tertiary/aromatic N) is 1. The minimum Gasteiger partial charge on any atom is -0.452 e. The monoisotopic (exact) mass is 514 g/mol. The Balaban J connectivity index is 1.21. The number of benzene rings is 2. The van der Waals surface area contributed by atoms with Crippen LogP contribution in [0.3, 0.4) is 0 Å². The number of amides is 3. The molecule has 0 aromatic heterocycles. The van der Waals surface area contributed by atoms with E-state index in [9.17, 15) is 19.2 Å². The van der Waals surface area contributed by atoms with Gasteiger partial charge in [-0.15, -0.1) is 23.2 Å². The summed E-state index contributed by atoms with van der Waals surface area (Å²) in [6.07, 6.45) is 0.699. The van der Waals surface area contributed by atoms with Crippen molar-refractivity contribution >= 4 is 58.3 Å². The number of carbonyl (C=O) groups excluding carboxylic acids is 4. The molecule has 7 nitrogen and oxygen atoms in total. The number of aryl methyl sites for hydroxylation is 2. The van der Waals surface area contributed by atoms with Gasteiger partial charge >= 0.3 is 5.97 Å². The summed E-state index contributed by atoms with van der Waals surface area (Å²) in [5, 5.41) is 2.08. The number of imide groups is 1. The van der Waals surface area contributed by atoms with Gasteiger partial charge in [0.05, 0.1) is 33.8 Å². The highest BCUT2D eigenvalue weighted by Crippen LogP contribution is 2.59. The second-order valence-corrected chi connectivity index (χ2v) is 10.6. The first-order chi connectivity index (χ1) is 16.7. The fourth-order valence-corrected chi connectivity index (χ4v) is 6.70. The zero-order valence-electron chi connectivity index (χ0n) is 19.2. The average Bonchev–Trinajstić information content (AvgIpc) is 3.42. The molecule has 2 bridgehead atoms. The Hall–Kier alpha value is -2.90. The van der Waals surface area contributed by atoms with E-state index in [-0.39, 0.29) is 40.0 Å². The molecule has 1 heterocycles. The molecule has 3 aliphatic rings. The molecule has 182 valence electrons. The van der Waals surface area contributed by atoms with E-state index in [0.29, 0.717) is 17.8 Å². The molecule has 0 spiro atoms. The zero-order valence-corrected chi connectivity index (χ0v) is 20.7. The molecule has 0 radical (unpaired) electrons. The number of rotatable bonds is 5. The Labute approximate surface area is 212 Å². The maximum absolute atomic E-state index is 13.1. The van der Waals surface area contributed by atoms with Gasteiger partial charge in [0.2, 0.25) is 11.8 Å². The first-order valence-electron chi connectivity index (χ1n) is 11.5. The molecule has 9 heteroatoms. The summed E-state index contributed by atoms with van der Waals surface area (Å²) in [5.41, 5.74) is 3.23. The average molecular weight is 515 g/mol. The lowest BCUT2D eigenvalue weighted by atomic mass is 9.80. The van der Waals surface area contributed by atoms with E-state index in [1.54, 1.807) is 0 Å². The van der Waals surface area contributed by atoms with E-state index in [2.05, 4.69) is 5.32 Å². The van der Waals surface area contributed by atoms with Gasteiger partial charge in [-0.1, -0.05) is 6.07 Å². The van der Waals surface area contributed by atoms with Gasteiger partial charge in [0, 0.05) is 5.69 Å². The molecule has 0 unspecified atom stereocenters. The van der Waals surface area contributed by atoms with Crippen LogP contribution >= 0.6 is 23.2 Å². The van der Waals surface area contributed by atoms with Gasteiger partial charge < -0.3 is 10.1 Å². The summed E-state index contributed by atoms with van der Waals surface area (Å²) in [5.74, 6) is -2.74. The molecule has 3 amide bonds. The molecule has 5 rings (SSSR count). The van der Waals surface area contributed by atoms with Gasteiger partial charge in [0.15, 0.2) is 6.61 Å². The smallest absolute Gasteiger partial charge is 0.338 e. The fourth-order valence-electron chi connectivity index (χ4n) is 5.81. The van der Waals surface area contributed by atoms with Crippen molar-refractivity contribution < 1.29 is 23.9 Å². The van der Waals surface area contributed by atoms with Gasteiger partial charge in [-0.25, -0.2) is 4.79 Å². The van der Waals surface area contributed by atoms with Crippen LogP contribution in [-0.2, 0) is 19.1 Å². The highest BCUT2D eigenvalue weighted by molar-refractivity contribution is 6.32. The van der Waals surface area contributed by atoms with Gasteiger partial charge in [0.25, 0.3) is 5.91 Å². The first-order valence-corrected chi connectivity index (χ1v) is 12.3. The number of nitrogens with one attached hydrogen (secondary N) is 1. The predicted molar refractivity (Wildman–Crippen MR) is 132 cm³/mol. The van der Waals surface area contributed by atoms with Crippen LogP contribution in [0, 0.1) is 37.5 Å². The largest absolute Gasteiger partial charge is 0.452 e. The van der Waals surface area contributed by atoms with Crippen LogP contribution in [0.1, 0.15) is 27.9 Å². The summed E-state index contributed by atoms with van der Waals surface area (Å²) in [6, 6.07) is 11.6. The molecule has 1 aliphatic heterocycles. The number of hydrogen-bond acceptors (Lipinski definition) is 5. The Morgan fingerprint density at radius 3 is 2.03 bits per heavy atom. The Morgan fingerprint density at radius 1 is 0.943 bits per heavy atom. The van der Waals surface area contributed by atoms with Crippen LogP contribution in [0.25, 0.3) is 0 Å². The van der Waals surface area contributed by atoms with Crippen LogP contribution in [0.2, 0.25) is 0 Å². The topological polar surface area (TPSA) is 92.8 Å². The van der Waals surface area contributed by atoms with Crippen LogP contribution < -0.4 is 10.2 Å². The van der Waals surface area contributed by atoms with E-state index in [4.69, 9.17) is 27.9 Å². The lowest BCUT2D eigenvalue weighted by molar-refractivity contribution is -0.123. The van der Waals surface area contributed by atoms with Crippen LogP contribution in [0.15, 0.2) is 42.5 Å². The molecular weight excluding hydrogens is 491 g/mol. The third kappa shape index (κ3) is 4.10. The van der Waals surface area contributed by atoms with E-state index >= 15 is 0 Å². The molecule has 2 aliphatic carbocycles. The lowest BCUT2D eigenvalue weighted by Gasteiger charge is -2.28. The summed E-state index contributed by atoms with van der Waals surface area (Å²) >= 11 is 12.8. The third-order valence-corrected chi connectivity index (χ3v) is 8.51. The van der Waals surface area contributed by atoms with Crippen molar-refractivity contribution in [1.29, 1.82) is 0 Å². The van der Waals surface area contributed by atoms with Crippen LogP contribution in [0.5, 0.6) is 0 Å². The number of hydrogen-bond donors (Lipinski definition) is 1. The Kier molecular flexibility index (Phi) is 6.09. The van der Waals surface area contributed by atoms with Gasteiger partial charge in [-0.3, -0.25) is 19.3 Å². The van der Waals surface area contributed by atoms with Crippen molar-refractivity contribution in [2.45, 2.75) is 31.0 Å². The predicted octanol–water partition coefficient (Wildman–Crippen LogP) is 4.07. The summed E-state index contributed by atoms with van der Waals surface area (Å²) in [7, 11) is 0. The van der Waals surface area contributed by atoms with Crippen molar-refractivity contribution in [3.63, 3.8) is 0 Å². The maximum atomic E-state index is 13.1. The Morgan fingerprint density at radius 2 is 1.49 bits per heavy atom. The van der Waals surface area contributed by atoms with Crippen molar-refractivity contribution in [3.05, 3.63) is 59.2 Å². The molecule has 1 N–H and O–H groups in total. The lowest BCUT2D eigenvalue weighted by Crippen LogP contribution is -2.37. The number of esters is 1. The van der Waals surface area contributed by atoms with E-state index in [1.165, 1.54) is 29.2 Å². The summed E-state index contributed by atoms with van der Waals surface area (Å²) < 4.78 is 5.12. The third-order valence-electron chi connectivity index (χ3n) is 7.19. The number of alkyl halides is 2. The van der Waals surface area contributed by atoms with Crippen molar-refractivity contribution in [2.24, 2.45) is 23.7 Å². The standard InChI is InChI=1S/C26H24Cl2N2O5/c1-12-7-13(2)9-15(8-12)29-19(31)11-35-26(34)14-3-5-16(6-4-14)30-24(32)20-17-10-18(21(20)25(30)33)23(28)22(17)27/h3-9,17-18,20-23H,10-11H2,1-2H3,(H,29,31)/t17-,18-,20-,21-,22-,23+/m1/s1. The number of carbonyl (C=O) groups is 4. The van der Waals surface area contributed by atoms with Crippen LogP contribution in [-0.4, -0.2) is 41.1 Å². The molecule has 2 aromatic carbocycles. The zero-order chi connectivity index (χ0) is 25.0. The van der Waals surface area contributed by atoms with E-state index in [0.717, 1.165) is 11.1 Å².